The Kier molecular flexibility index (Phi) is 3.53. The van der Waals surface area contributed by atoms with Gasteiger partial charge in [0.1, 0.15) is 0 Å². The lowest BCUT2D eigenvalue weighted by molar-refractivity contribution is -0.122. The van der Waals surface area contributed by atoms with Crippen molar-refractivity contribution in [3.05, 3.63) is 47.0 Å². The summed E-state index contributed by atoms with van der Waals surface area (Å²) >= 11 is 0. The molecule has 1 aromatic rings. The summed E-state index contributed by atoms with van der Waals surface area (Å²) in [5.74, 6) is 0.451. The van der Waals surface area contributed by atoms with Gasteiger partial charge in [0.2, 0.25) is 5.91 Å². The molecule has 1 heterocycles. The van der Waals surface area contributed by atoms with Crippen LogP contribution in [0.25, 0.3) is 0 Å². The lowest BCUT2D eigenvalue weighted by Gasteiger charge is -2.26. The lowest BCUT2D eigenvalue weighted by Crippen LogP contribution is -2.33. The summed E-state index contributed by atoms with van der Waals surface area (Å²) in [4.78, 5) is 12.6. The second-order valence-corrected chi connectivity index (χ2v) is 6.96. The van der Waals surface area contributed by atoms with E-state index in [1.54, 1.807) is 0 Å². The summed E-state index contributed by atoms with van der Waals surface area (Å²) in [6, 6.07) is 8.73. The molecule has 2 unspecified atom stereocenters. The predicted molar refractivity (Wildman–Crippen MR) is 87.7 cm³/mol. The number of hydrogen-bond acceptors (Lipinski definition) is 2. The van der Waals surface area contributed by atoms with Crippen LogP contribution in [-0.2, 0) is 16.6 Å². The maximum atomic E-state index is 12.6. The van der Waals surface area contributed by atoms with Gasteiger partial charge >= 0.3 is 0 Å². The van der Waals surface area contributed by atoms with Gasteiger partial charge in [-0.05, 0) is 49.8 Å². The standard InChI is InChI=1S/C19H24N2O/c22-18(21-13-14-7-10-20-11-8-14)17-12-19(17)9-3-5-15-4-1-2-6-16(15)19/h1-2,4,6-7,17,20H,3,5,8-13H2,(H,21,22). The molecule has 0 bridgehead atoms. The molecular formula is C19H24N2O. The Labute approximate surface area is 132 Å². The van der Waals surface area contributed by atoms with Gasteiger partial charge in [-0.1, -0.05) is 35.9 Å². The highest BCUT2D eigenvalue weighted by Gasteiger charge is 2.59. The Morgan fingerprint density at radius 2 is 2.23 bits per heavy atom. The number of amides is 1. The molecule has 0 aromatic heterocycles. The van der Waals surface area contributed by atoms with E-state index in [-0.39, 0.29) is 17.2 Å². The summed E-state index contributed by atoms with van der Waals surface area (Å²) in [6.45, 7) is 2.70. The fourth-order valence-corrected chi connectivity index (χ4v) is 4.33. The fourth-order valence-electron chi connectivity index (χ4n) is 4.33. The molecule has 4 rings (SSSR count). The first-order valence-corrected chi connectivity index (χ1v) is 8.54. The van der Waals surface area contributed by atoms with Gasteiger partial charge in [0.25, 0.3) is 0 Å². The number of benzene rings is 1. The predicted octanol–water partition coefficient (Wildman–Crippen LogP) is 2.32. The summed E-state index contributed by atoms with van der Waals surface area (Å²) in [7, 11) is 0. The Balaban J connectivity index is 1.43. The smallest absolute Gasteiger partial charge is 0.224 e. The van der Waals surface area contributed by atoms with Gasteiger partial charge in [-0.25, -0.2) is 0 Å². The quantitative estimate of drug-likeness (QED) is 0.841. The second-order valence-electron chi connectivity index (χ2n) is 6.96. The minimum atomic E-state index is 0.154. The van der Waals surface area contributed by atoms with Crippen molar-refractivity contribution in [3.63, 3.8) is 0 Å². The number of hydrogen-bond donors (Lipinski definition) is 2. The molecule has 22 heavy (non-hydrogen) atoms. The van der Waals surface area contributed by atoms with Crippen LogP contribution in [0.15, 0.2) is 35.9 Å². The Bertz CT molecular complexity index is 622. The molecule has 2 N–H and O–H groups in total. The minimum Gasteiger partial charge on any atom is -0.352 e. The first-order valence-electron chi connectivity index (χ1n) is 8.54. The summed E-state index contributed by atoms with van der Waals surface area (Å²) < 4.78 is 0. The van der Waals surface area contributed by atoms with Crippen LogP contribution in [0, 0.1) is 5.92 Å². The van der Waals surface area contributed by atoms with Crippen LogP contribution in [0.4, 0.5) is 0 Å². The van der Waals surface area contributed by atoms with Gasteiger partial charge < -0.3 is 10.6 Å². The van der Waals surface area contributed by atoms with Crippen molar-refractivity contribution in [1.29, 1.82) is 0 Å². The third kappa shape index (κ3) is 2.38. The van der Waals surface area contributed by atoms with E-state index < -0.39 is 0 Å². The van der Waals surface area contributed by atoms with Gasteiger partial charge in [0.15, 0.2) is 0 Å². The Morgan fingerprint density at radius 3 is 3.09 bits per heavy atom. The van der Waals surface area contributed by atoms with Crippen molar-refractivity contribution >= 4 is 5.91 Å². The van der Waals surface area contributed by atoms with Crippen LogP contribution in [0.1, 0.15) is 36.8 Å². The largest absolute Gasteiger partial charge is 0.352 e. The fraction of sp³-hybridized carbons (Fsp3) is 0.526. The average Bonchev–Trinajstić information content (AvgIpc) is 3.29. The van der Waals surface area contributed by atoms with Crippen molar-refractivity contribution in [3.8, 4) is 0 Å². The second kappa shape index (κ2) is 5.54. The van der Waals surface area contributed by atoms with Crippen LogP contribution >= 0.6 is 0 Å². The number of nitrogens with one attached hydrogen (secondary N) is 2. The van der Waals surface area contributed by atoms with Gasteiger partial charge in [0.05, 0.1) is 0 Å². The van der Waals surface area contributed by atoms with Crippen LogP contribution < -0.4 is 10.6 Å². The first kappa shape index (κ1) is 14.0. The maximum Gasteiger partial charge on any atom is 0.224 e. The highest BCUT2D eigenvalue weighted by molar-refractivity contribution is 5.85. The number of aryl methyl sites for hydroxylation is 1. The van der Waals surface area contributed by atoms with E-state index in [4.69, 9.17) is 0 Å². The van der Waals surface area contributed by atoms with E-state index in [1.807, 2.05) is 0 Å². The molecule has 1 saturated carbocycles. The molecule has 1 amide bonds. The first-order chi connectivity index (χ1) is 10.8. The van der Waals surface area contributed by atoms with Gasteiger partial charge in [-0.3, -0.25) is 4.79 Å². The summed E-state index contributed by atoms with van der Waals surface area (Å²) in [6.07, 6.45) is 7.87. The minimum absolute atomic E-state index is 0.154. The highest BCUT2D eigenvalue weighted by Crippen LogP contribution is 2.60. The maximum absolute atomic E-state index is 12.6. The molecular weight excluding hydrogens is 272 g/mol. The van der Waals surface area contributed by atoms with Crippen LogP contribution in [0.3, 0.4) is 0 Å². The average molecular weight is 296 g/mol. The van der Waals surface area contributed by atoms with Gasteiger partial charge in [-0.2, -0.15) is 0 Å². The third-order valence-corrected chi connectivity index (χ3v) is 5.66. The van der Waals surface area contributed by atoms with Crippen molar-refractivity contribution in [1.82, 2.24) is 10.6 Å². The van der Waals surface area contributed by atoms with Crippen LogP contribution in [0.2, 0.25) is 0 Å². The van der Waals surface area contributed by atoms with E-state index in [1.165, 1.54) is 36.0 Å². The molecule has 0 saturated heterocycles. The molecule has 1 spiro atoms. The number of carbonyl (C=O) groups excluding carboxylic acids is 1. The normalized spacial score (nSPS) is 29.6. The van der Waals surface area contributed by atoms with E-state index in [2.05, 4.69) is 41.0 Å². The van der Waals surface area contributed by atoms with Crippen LogP contribution in [-0.4, -0.2) is 25.5 Å². The van der Waals surface area contributed by atoms with Gasteiger partial charge in [0, 0.05) is 24.4 Å². The number of fused-ring (bicyclic) bond motifs is 2. The van der Waals surface area contributed by atoms with Crippen molar-refractivity contribution in [2.24, 2.45) is 5.92 Å². The molecule has 1 aromatic carbocycles. The SMILES string of the molecule is O=C(NCC1=CCNCC1)C1CC12CCCc1ccccc12. The van der Waals surface area contributed by atoms with Crippen LogP contribution in [0.5, 0.6) is 0 Å². The zero-order valence-electron chi connectivity index (χ0n) is 13.0. The third-order valence-electron chi connectivity index (χ3n) is 5.66. The van der Waals surface area contributed by atoms with Gasteiger partial charge in [-0.15, -0.1) is 0 Å². The van der Waals surface area contributed by atoms with E-state index >= 15 is 0 Å². The van der Waals surface area contributed by atoms with E-state index in [0.717, 1.165) is 32.5 Å². The van der Waals surface area contributed by atoms with Crippen molar-refractivity contribution < 1.29 is 4.79 Å². The molecule has 1 aliphatic heterocycles. The molecule has 3 heteroatoms. The Morgan fingerprint density at radius 1 is 1.32 bits per heavy atom. The zero-order valence-corrected chi connectivity index (χ0v) is 13.0. The summed E-state index contributed by atoms with van der Waals surface area (Å²) in [5, 5.41) is 6.49. The monoisotopic (exact) mass is 296 g/mol. The highest BCUT2D eigenvalue weighted by atomic mass is 16.2. The molecule has 2 atom stereocenters. The number of carbonyl (C=O) groups is 1. The Hall–Kier alpha value is -1.61. The molecule has 3 aliphatic rings. The number of rotatable bonds is 3. The van der Waals surface area contributed by atoms with Crippen molar-refractivity contribution in [2.45, 2.75) is 37.5 Å². The zero-order chi connectivity index (χ0) is 15.0. The lowest BCUT2D eigenvalue weighted by atomic mass is 9.78. The summed E-state index contributed by atoms with van der Waals surface area (Å²) in [5.41, 5.74) is 4.43. The molecule has 116 valence electrons. The topological polar surface area (TPSA) is 41.1 Å². The molecule has 0 radical (unpaired) electrons. The molecule has 1 fully saturated rings. The van der Waals surface area contributed by atoms with E-state index in [0.29, 0.717) is 0 Å². The molecule has 3 nitrogen and oxygen atoms in total. The van der Waals surface area contributed by atoms with Crippen molar-refractivity contribution in [2.75, 3.05) is 19.6 Å². The molecule has 2 aliphatic carbocycles. The van der Waals surface area contributed by atoms with E-state index in [9.17, 15) is 4.79 Å².